The lowest BCUT2D eigenvalue weighted by molar-refractivity contribution is -0.137. The Morgan fingerprint density at radius 3 is 2.29 bits per heavy atom. The lowest BCUT2D eigenvalue weighted by Gasteiger charge is -2.17. The highest BCUT2D eigenvalue weighted by atomic mass is 19.4. The quantitative estimate of drug-likeness (QED) is 0.667. The number of halogens is 3. The van der Waals surface area contributed by atoms with Gasteiger partial charge < -0.3 is 16.4 Å². The summed E-state index contributed by atoms with van der Waals surface area (Å²) in [5, 5.41) is 4.70. The van der Waals surface area contributed by atoms with Crippen molar-refractivity contribution in [1.29, 1.82) is 0 Å². The molecular weight excluding hydrogens is 375 g/mol. The third-order valence-electron chi connectivity index (χ3n) is 3.82. The zero-order chi connectivity index (χ0) is 20.7. The number of primary amides is 1. The molecule has 148 valence electrons. The predicted molar refractivity (Wildman–Crippen MR) is 95.0 cm³/mol. The molecule has 0 aliphatic heterocycles. The zero-order valence-corrected chi connectivity index (χ0v) is 14.6. The van der Waals surface area contributed by atoms with Gasteiger partial charge in [0, 0.05) is 12.0 Å². The maximum atomic E-state index is 12.8. The molecule has 9 heteroatoms. The largest absolute Gasteiger partial charge is 0.416 e. The second-order valence-corrected chi connectivity index (χ2v) is 5.97. The van der Waals surface area contributed by atoms with E-state index in [0.717, 1.165) is 12.1 Å². The van der Waals surface area contributed by atoms with Crippen LogP contribution in [0.2, 0.25) is 0 Å². The Bertz CT molecular complexity index is 854. The topological polar surface area (TPSA) is 101 Å². The second kappa shape index (κ2) is 9.03. The first kappa shape index (κ1) is 20.9. The van der Waals surface area contributed by atoms with Crippen LogP contribution in [0.3, 0.4) is 0 Å². The summed E-state index contributed by atoms with van der Waals surface area (Å²) in [6.07, 6.45) is -4.74. The second-order valence-electron chi connectivity index (χ2n) is 5.97. The first-order valence-electron chi connectivity index (χ1n) is 8.25. The first-order valence-corrected chi connectivity index (χ1v) is 8.25. The number of hydrogen-bond donors (Lipinski definition) is 3. The van der Waals surface area contributed by atoms with Gasteiger partial charge in [0.25, 0.3) is 5.91 Å². The van der Waals surface area contributed by atoms with Gasteiger partial charge in [-0.3, -0.25) is 14.4 Å². The third kappa shape index (κ3) is 6.11. The number of rotatable bonds is 7. The van der Waals surface area contributed by atoms with Crippen molar-refractivity contribution in [3.05, 3.63) is 71.3 Å². The molecule has 6 nitrogen and oxygen atoms in total. The molecular formula is C19H18F3N3O3. The summed E-state index contributed by atoms with van der Waals surface area (Å²) in [6.45, 7) is -0.417. The predicted octanol–water partition coefficient (Wildman–Crippen LogP) is 1.65. The van der Waals surface area contributed by atoms with Crippen molar-refractivity contribution in [2.45, 2.75) is 18.6 Å². The highest BCUT2D eigenvalue weighted by Gasteiger charge is 2.30. The van der Waals surface area contributed by atoms with E-state index in [9.17, 15) is 27.6 Å². The number of carbonyl (C=O) groups is 3. The summed E-state index contributed by atoms with van der Waals surface area (Å²) in [4.78, 5) is 35.5. The fourth-order valence-corrected chi connectivity index (χ4v) is 2.43. The summed E-state index contributed by atoms with van der Waals surface area (Å²) >= 11 is 0. The molecule has 1 atom stereocenters. The molecule has 0 fully saturated rings. The van der Waals surface area contributed by atoms with E-state index >= 15 is 0 Å². The molecule has 0 saturated heterocycles. The number of carbonyl (C=O) groups excluding carboxylic acids is 3. The van der Waals surface area contributed by atoms with Crippen molar-refractivity contribution >= 4 is 17.7 Å². The lowest BCUT2D eigenvalue weighted by atomic mass is 10.0. The Morgan fingerprint density at radius 2 is 1.68 bits per heavy atom. The molecule has 0 aliphatic carbocycles. The molecule has 2 aromatic rings. The van der Waals surface area contributed by atoms with Gasteiger partial charge in [-0.2, -0.15) is 13.2 Å². The first-order chi connectivity index (χ1) is 13.2. The molecule has 0 aliphatic rings. The highest BCUT2D eigenvalue weighted by molar-refractivity contribution is 5.97. The maximum absolute atomic E-state index is 12.8. The Balaban J connectivity index is 1.96. The van der Waals surface area contributed by atoms with Crippen molar-refractivity contribution in [2.75, 3.05) is 6.54 Å². The maximum Gasteiger partial charge on any atom is 0.416 e. The molecule has 0 heterocycles. The molecule has 0 saturated carbocycles. The Hall–Kier alpha value is -3.36. The van der Waals surface area contributed by atoms with Gasteiger partial charge in [-0.25, -0.2) is 0 Å². The average Bonchev–Trinajstić information content (AvgIpc) is 2.65. The van der Waals surface area contributed by atoms with Crippen molar-refractivity contribution < 1.29 is 27.6 Å². The van der Waals surface area contributed by atoms with Crippen LogP contribution in [0.1, 0.15) is 21.5 Å². The van der Waals surface area contributed by atoms with Crippen LogP contribution in [0.25, 0.3) is 0 Å². The Labute approximate surface area is 158 Å². The fourth-order valence-electron chi connectivity index (χ4n) is 2.43. The van der Waals surface area contributed by atoms with E-state index in [1.54, 1.807) is 30.3 Å². The monoisotopic (exact) mass is 393 g/mol. The van der Waals surface area contributed by atoms with Crippen LogP contribution in [-0.2, 0) is 22.2 Å². The Kier molecular flexibility index (Phi) is 6.75. The number of benzene rings is 2. The standard InChI is InChI=1S/C19H18F3N3O3/c20-19(21,22)14-8-4-5-12(9-14)10-15(17(23)27)25-16(26)11-24-18(28)13-6-2-1-3-7-13/h1-9,15H,10-11H2,(H2,23,27)(H,24,28)(H,25,26)/t15-/m1/s1. The smallest absolute Gasteiger partial charge is 0.368 e. The summed E-state index contributed by atoms with van der Waals surface area (Å²) in [5.41, 5.74) is 4.91. The van der Waals surface area contributed by atoms with E-state index in [2.05, 4.69) is 10.6 Å². The van der Waals surface area contributed by atoms with E-state index in [0.29, 0.717) is 5.56 Å². The number of amides is 3. The van der Waals surface area contributed by atoms with Gasteiger partial charge in [0.15, 0.2) is 0 Å². The van der Waals surface area contributed by atoms with Crippen molar-refractivity contribution in [3.8, 4) is 0 Å². The van der Waals surface area contributed by atoms with Gasteiger partial charge in [0.05, 0.1) is 12.1 Å². The molecule has 4 N–H and O–H groups in total. The van der Waals surface area contributed by atoms with Gasteiger partial charge >= 0.3 is 6.18 Å². The number of hydrogen-bond acceptors (Lipinski definition) is 3. The summed E-state index contributed by atoms with van der Waals surface area (Å²) < 4.78 is 38.4. The normalized spacial score (nSPS) is 12.1. The highest BCUT2D eigenvalue weighted by Crippen LogP contribution is 2.29. The van der Waals surface area contributed by atoms with Gasteiger partial charge in [-0.1, -0.05) is 36.4 Å². The summed E-state index contributed by atoms with van der Waals surface area (Å²) in [7, 11) is 0. The third-order valence-corrected chi connectivity index (χ3v) is 3.82. The molecule has 3 amide bonds. The van der Waals surface area contributed by atoms with Crippen molar-refractivity contribution in [3.63, 3.8) is 0 Å². The molecule has 2 aromatic carbocycles. The minimum Gasteiger partial charge on any atom is -0.368 e. The van der Waals surface area contributed by atoms with Gasteiger partial charge in [0.2, 0.25) is 11.8 Å². The molecule has 0 radical (unpaired) electrons. The SMILES string of the molecule is NC(=O)[C@@H](Cc1cccc(C(F)(F)F)c1)NC(=O)CNC(=O)c1ccccc1. The number of nitrogens with one attached hydrogen (secondary N) is 2. The van der Waals surface area contributed by atoms with Gasteiger partial charge in [-0.15, -0.1) is 0 Å². The van der Waals surface area contributed by atoms with Crippen LogP contribution in [0, 0.1) is 0 Å². The van der Waals surface area contributed by atoms with Crippen LogP contribution in [0.15, 0.2) is 54.6 Å². The molecule has 2 rings (SSSR count). The van der Waals surface area contributed by atoms with Crippen molar-refractivity contribution in [1.82, 2.24) is 10.6 Å². The number of nitrogens with two attached hydrogens (primary N) is 1. The molecule has 0 bridgehead atoms. The van der Waals surface area contributed by atoms with E-state index < -0.39 is 42.0 Å². The summed E-state index contributed by atoms with van der Waals surface area (Å²) in [5.74, 6) is -2.08. The minimum absolute atomic E-state index is 0.187. The van der Waals surface area contributed by atoms with Gasteiger partial charge in [0.1, 0.15) is 6.04 Å². The molecule has 0 spiro atoms. The van der Waals surface area contributed by atoms with E-state index in [1.165, 1.54) is 12.1 Å². The zero-order valence-electron chi connectivity index (χ0n) is 14.6. The minimum atomic E-state index is -4.52. The van der Waals surface area contributed by atoms with E-state index in [4.69, 9.17) is 5.73 Å². The fraction of sp³-hybridized carbons (Fsp3) is 0.211. The van der Waals surface area contributed by atoms with Crippen LogP contribution < -0.4 is 16.4 Å². The molecule has 0 aromatic heterocycles. The van der Waals surface area contributed by atoms with Crippen LogP contribution in [0.5, 0.6) is 0 Å². The van der Waals surface area contributed by atoms with E-state index in [1.807, 2.05) is 0 Å². The average molecular weight is 393 g/mol. The molecule has 28 heavy (non-hydrogen) atoms. The van der Waals surface area contributed by atoms with Gasteiger partial charge in [-0.05, 0) is 23.8 Å². The van der Waals surface area contributed by atoms with E-state index in [-0.39, 0.29) is 12.0 Å². The van der Waals surface area contributed by atoms with Crippen LogP contribution in [-0.4, -0.2) is 30.3 Å². The van der Waals surface area contributed by atoms with Crippen LogP contribution in [0.4, 0.5) is 13.2 Å². The Morgan fingerprint density at radius 1 is 1.00 bits per heavy atom. The number of alkyl halides is 3. The van der Waals surface area contributed by atoms with Crippen molar-refractivity contribution in [2.24, 2.45) is 5.73 Å². The van der Waals surface area contributed by atoms with Crippen LogP contribution >= 0.6 is 0 Å². The summed E-state index contributed by atoms with van der Waals surface area (Å²) in [6, 6.07) is 11.4. The molecule has 0 unspecified atom stereocenters. The lowest BCUT2D eigenvalue weighted by Crippen LogP contribution is -2.49.